The third-order valence-corrected chi connectivity index (χ3v) is 4.50. The van der Waals surface area contributed by atoms with Gasteiger partial charge in [-0.1, -0.05) is 0 Å². The topological polar surface area (TPSA) is 93.8 Å². The smallest absolute Gasteiger partial charge is 0.335 e. The van der Waals surface area contributed by atoms with Gasteiger partial charge in [0.05, 0.1) is 38.6 Å². The van der Waals surface area contributed by atoms with Gasteiger partial charge in [0, 0.05) is 12.3 Å². The second kappa shape index (κ2) is 6.09. The van der Waals surface area contributed by atoms with Gasteiger partial charge in [-0.2, -0.15) is 0 Å². The Morgan fingerprint density at radius 2 is 2.00 bits per heavy atom. The first kappa shape index (κ1) is 16.2. The van der Waals surface area contributed by atoms with Crippen molar-refractivity contribution in [1.29, 1.82) is 0 Å². The molecule has 3 aromatic rings. The summed E-state index contributed by atoms with van der Waals surface area (Å²) in [5, 5.41) is 9.45. The van der Waals surface area contributed by atoms with E-state index in [9.17, 15) is 13.8 Å². The van der Waals surface area contributed by atoms with Crippen LogP contribution in [0.5, 0.6) is 5.75 Å². The number of fused-ring (bicyclic) bond motifs is 2. The van der Waals surface area contributed by atoms with Crippen molar-refractivity contribution < 1.29 is 23.3 Å². The number of ether oxygens (including phenoxy) is 1. The second-order valence-electron chi connectivity index (χ2n) is 5.13. The lowest BCUT2D eigenvalue weighted by Gasteiger charge is -2.09. The highest BCUT2D eigenvalue weighted by Crippen LogP contribution is 2.29. The molecule has 6 nitrogen and oxygen atoms in total. The number of carboxylic acid groups (broad SMARTS) is 1. The van der Waals surface area contributed by atoms with Gasteiger partial charge in [0.2, 0.25) is 5.43 Å². The largest absolute Gasteiger partial charge is 0.494 e. The Morgan fingerprint density at radius 3 is 2.62 bits per heavy atom. The summed E-state index contributed by atoms with van der Waals surface area (Å²) < 4.78 is 23.2. The summed E-state index contributed by atoms with van der Waals surface area (Å²) >= 11 is 0. The zero-order valence-corrected chi connectivity index (χ0v) is 13.8. The van der Waals surface area contributed by atoms with Crippen molar-refractivity contribution >= 4 is 38.7 Å². The van der Waals surface area contributed by atoms with Crippen LogP contribution in [0.15, 0.2) is 44.4 Å². The molecule has 1 aromatic heterocycles. The minimum absolute atomic E-state index is 0.00518. The summed E-state index contributed by atoms with van der Waals surface area (Å²) in [5.74, 6) is -0.717. The molecule has 0 saturated heterocycles. The lowest BCUT2D eigenvalue weighted by molar-refractivity contribution is 0.0697. The molecule has 24 heavy (non-hydrogen) atoms. The molecule has 2 aromatic carbocycles. The van der Waals surface area contributed by atoms with Gasteiger partial charge in [0.1, 0.15) is 11.3 Å². The number of carbonyl (C=O) groups is 1. The van der Waals surface area contributed by atoms with Crippen molar-refractivity contribution in [2.24, 2.45) is 0 Å². The molecule has 0 aliphatic rings. The fourth-order valence-electron chi connectivity index (χ4n) is 2.50. The minimum atomic E-state index is -1.39. The Bertz CT molecular complexity index is 1050. The van der Waals surface area contributed by atoms with Crippen LogP contribution in [0.1, 0.15) is 17.3 Å². The molecule has 7 heteroatoms. The predicted molar refractivity (Wildman–Crippen MR) is 90.5 cm³/mol. The molecule has 0 spiro atoms. The van der Waals surface area contributed by atoms with Crippen LogP contribution in [0.4, 0.5) is 0 Å². The van der Waals surface area contributed by atoms with E-state index in [1.54, 1.807) is 13.0 Å². The monoisotopic (exact) mass is 346 g/mol. The molecule has 1 unspecified atom stereocenters. The van der Waals surface area contributed by atoms with Crippen LogP contribution in [0.3, 0.4) is 0 Å². The van der Waals surface area contributed by atoms with E-state index in [0.717, 1.165) is 0 Å². The Labute approximate surface area is 139 Å². The molecule has 1 N–H and O–H groups in total. The molecule has 3 rings (SSSR count). The molecule has 1 atom stereocenters. The fourth-order valence-corrected chi connectivity index (χ4v) is 3.19. The zero-order valence-electron chi connectivity index (χ0n) is 13.0. The van der Waals surface area contributed by atoms with E-state index < -0.39 is 16.8 Å². The van der Waals surface area contributed by atoms with Gasteiger partial charge in [0.15, 0.2) is 5.58 Å². The number of hydrogen-bond acceptors (Lipinski definition) is 5. The number of hydrogen-bond donors (Lipinski definition) is 1. The second-order valence-corrected chi connectivity index (χ2v) is 6.48. The predicted octanol–water partition coefficient (Wildman–Crippen LogP) is 2.78. The van der Waals surface area contributed by atoms with Gasteiger partial charge in [0.25, 0.3) is 0 Å². The average Bonchev–Trinajstić information content (AvgIpc) is 2.55. The first-order valence-electron chi connectivity index (χ1n) is 7.16. The van der Waals surface area contributed by atoms with Gasteiger partial charge in [-0.25, -0.2) is 4.79 Å². The lowest BCUT2D eigenvalue weighted by atomic mass is 10.1. The summed E-state index contributed by atoms with van der Waals surface area (Å²) in [6.07, 6.45) is 1.49. The number of aromatic carboxylic acids is 1. The summed E-state index contributed by atoms with van der Waals surface area (Å²) in [4.78, 5) is 24.3. The van der Waals surface area contributed by atoms with Crippen molar-refractivity contribution in [2.45, 2.75) is 11.8 Å². The zero-order chi connectivity index (χ0) is 17.4. The van der Waals surface area contributed by atoms with Crippen LogP contribution < -0.4 is 10.2 Å². The summed E-state index contributed by atoms with van der Waals surface area (Å²) in [7, 11) is -1.39. The third kappa shape index (κ3) is 2.67. The lowest BCUT2D eigenvalue weighted by Crippen LogP contribution is -2.07. The maximum Gasteiger partial charge on any atom is 0.335 e. The normalized spacial score (nSPS) is 12.4. The maximum atomic E-state index is 12.8. The van der Waals surface area contributed by atoms with Crippen LogP contribution >= 0.6 is 0 Å². The fraction of sp³-hybridized carbons (Fsp3) is 0.176. The maximum absolute atomic E-state index is 12.8. The Balaban J connectivity index is 2.45. The third-order valence-electron chi connectivity index (χ3n) is 3.58. The van der Waals surface area contributed by atoms with Crippen molar-refractivity contribution in [3.05, 3.63) is 46.1 Å². The summed E-state index contributed by atoms with van der Waals surface area (Å²) in [6.45, 7) is 2.19. The van der Waals surface area contributed by atoms with E-state index >= 15 is 0 Å². The van der Waals surface area contributed by atoms with Gasteiger partial charge < -0.3 is 14.3 Å². The molecule has 0 fully saturated rings. The van der Waals surface area contributed by atoms with E-state index in [4.69, 9.17) is 14.3 Å². The highest BCUT2D eigenvalue weighted by Gasteiger charge is 2.17. The summed E-state index contributed by atoms with van der Waals surface area (Å²) in [5.41, 5.74) is 0.0743. The first-order valence-corrected chi connectivity index (χ1v) is 8.72. The Hall–Kier alpha value is -2.67. The molecule has 0 amide bonds. The molecule has 1 heterocycles. The van der Waals surface area contributed by atoms with Crippen molar-refractivity contribution in [2.75, 3.05) is 12.9 Å². The van der Waals surface area contributed by atoms with Crippen LogP contribution in [0, 0.1) is 0 Å². The Kier molecular flexibility index (Phi) is 4.11. The number of carboxylic acids is 1. The molecule has 0 saturated carbocycles. The highest BCUT2D eigenvalue weighted by atomic mass is 32.2. The molecular formula is C17H14O6S. The first-order chi connectivity index (χ1) is 11.4. The number of benzene rings is 2. The van der Waals surface area contributed by atoms with E-state index in [2.05, 4.69) is 0 Å². The van der Waals surface area contributed by atoms with E-state index in [1.807, 2.05) is 0 Å². The molecular weight excluding hydrogens is 332 g/mol. The quantitative estimate of drug-likeness (QED) is 0.730. The van der Waals surface area contributed by atoms with Crippen LogP contribution in [-0.2, 0) is 10.8 Å². The van der Waals surface area contributed by atoms with Crippen molar-refractivity contribution in [1.82, 2.24) is 0 Å². The van der Waals surface area contributed by atoms with Crippen LogP contribution in [0.2, 0.25) is 0 Å². The highest BCUT2D eigenvalue weighted by molar-refractivity contribution is 7.84. The van der Waals surface area contributed by atoms with Gasteiger partial charge in [-0.3, -0.25) is 9.00 Å². The van der Waals surface area contributed by atoms with Crippen molar-refractivity contribution in [3.63, 3.8) is 0 Å². The molecule has 0 aliphatic heterocycles. The van der Waals surface area contributed by atoms with E-state index in [1.165, 1.54) is 30.5 Å². The van der Waals surface area contributed by atoms with Crippen molar-refractivity contribution in [3.8, 4) is 5.75 Å². The van der Waals surface area contributed by atoms with E-state index in [0.29, 0.717) is 17.3 Å². The number of rotatable bonds is 4. The van der Waals surface area contributed by atoms with Crippen LogP contribution in [0.25, 0.3) is 21.9 Å². The Morgan fingerprint density at radius 1 is 1.25 bits per heavy atom. The van der Waals surface area contributed by atoms with Gasteiger partial charge >= 0.3 is 5.97 Å². The molecule has 0 bridgehead atoms. The minimum Gasteiger partial charge on any atom is -0.494 e. The standard InChI is InChI=1S/C17H14O6S/c1-3-22-10-7-12-15(18)11-6-9(17(19)20)4-5-13(11)23-16(12)14(8-10)24(2)21/h4-8H,3H2,1-2H3,(H,19,20). The molecule has 0 aliphatic carbocycles. The van der Waals surface area contributed by atoms with E-state index in [-0.39, 0.29) is 32.9 Å². The van der Waals surface area contributed by atoms with Gasteiger partial charge in [-0.05, 0) is 31.2 Å². The molecule has 0 radical (unpaired) electrons. The molecule has 124 valence electrons. The average molecular weight is 346 g/mol. The SMILES string of the molecule is CCOc1cc(S(C)=O)c2oc3ccc(C(=O)O)cc3c(=O)c2c1. The summed E-state index contributed by atoms with van der Waals surface area (Å²) in [6, 6.07) is 7.17. The van der Waals surface area contributed by atoms with Crippen LogP contribution in [-0.4, -0.2) is 28.1 Å². The van der Waals surface area contributed by atoms with Gasteiger partial charge in [-0.15, -0.1) is 0 Å².